The van der Waals surface area contributed by atoms with Crippen molar-refractivity contribution >= 4 is 57.3 Å². The van der Waals surface area contributed by atoms with Crippen LogP contribution in [0.15, 0.2) is 121 Å². The maximum atomic E-state index is 13.9. The molecule has 5 aromatic rings. The van der Waals surface area contributed by atoms with Gasteiger partial charge in [-0.05, 0) is 77.7 Å². The molecule has 0 spiro atoms. The predicted octanol–water partition coefficient (Wildman–Crippen LogP) is 7.14. The van der Waals surface area contributed by atoms with Crippen molar-refractivity contribution in [1.29, 1.82) is 0 Å². The monoisotopic (exact) mass is 616 g/mol. The molecule has 5 aromatic carbocycles. The SMILES string of the molecule is O=C(OCc1ccccc1)c1cccc(N2C(=O)c3ccc4c5c(ccc(c35)C2=O)C(=O)N(c2ccc(C3=CCC=C3)cc2)C4=O)c1. The molecule has 2 heterocycles. The van der Waals surface area contributed by atoms with Crippen LogP contribution in [0.25, 0.3) is 16.3 Å². The van der Waals surface area contributed by atoms with E-state index in [0.29, 0.717) is 5.69 Å². The highest BCUT2D eigenvalue weighted by Gasteiger charge is 2.40. The summed E-state index contributed by atoms with van der Waals surface area (Å²) in [6.07, 6.45) is 7.06. The van der Waals surface area contributed by atoms with Gasteiger partial charge >= 0.3 is 5.97 Å². The second-order valence-corrected chi connectivity index (χ2v) is 11.4. The largest absolute Gasteiger partial charge is 0.457 e. The predicted molar refractivity (Wildman–Crippen MR) is 176 cm³/mol. The Morgan fingerprint density at radius 1 is 0.617 bits per heavy atom. The first-order valence-corrected chi connectivity index (χ1v) is 15.1. The van der Waals surface area contributed by atoms with Crippen LogP contribution in [0.4, 0.5) is 11.4 Å². The highest BCUT2D eigenvalue weighted by atomic mass is 16.5. The zero-order valence-electron chi connectivity index (χ0n) is 24.8. The van der Waals surface area contributed by atoms with Crippen LogP contribution in [0.5, 0.6) is 0 Å². The fourth-order valence-electron chi connectivity index (χ4n) is 6.40. The van der Waals surface area contributed by atoms with Gasteiger partial charge in [-0.1, -0.05) is 66.8 Å². The topological polar surface area (TPSA) is 101 Å². The molecule has 0 saturated heterocycles. The van der Waals surface area contributed by atoms with Crippen LogP contribution in [0.3, 0.4) is 0 Å². The minimum Gasteiger partial charge on any atom is -0.457 e. The molecule has 0 saturated carbocycles. The molecule has 4 amide bonds. The van der Waals surface area contributed by atoms with Crippen LogP contribution in [0, 0.1) is 0 Å². The number of esters is 1. The summed E-state index contributed by atoms with van der Waals surface area (Å²) in [4.78, 5) is 70.5. The number of carbonyl (C=O) groups excluding carboxylic acids is 5. The Balaban J connectivity index is 1.12. The molecule has 8 heteroatoms. The Hall–Kier alpha value is -6.41. The minimum atomic E-state index is -0.630. The van der Waals surface area contributed by atoms with Gasteiger partial charge in [-0.3, -0.25) is 19.2 Å². The molecule has 8 rings (SSSR count). The van der Waals surface area contributed by atoms with Gasteiger partial charge in [-0.2, -0.15) is 0 Å². The molecule has 1 aliphatic carbocycles. The van der Waals surface area contributed by atoms with E-state index in [0.717, 1.165) is 32.9 Å². The molecule has 0 radical (unpaired) electrons. The zero-order chi connectivity index (χ0) is 32.2. The lowest BCUT2D eigenvalue weighted by atomic mass is 9.85. The summed E-state index contributed by atoms with van der Waals surface area (Å²) in [6.45, 7) is 0.0710. The van der Waals surface area contributed by atoms with Crippen LogP contribution in [0.1, 0.15) is 69.3 Å². The van der Waals surface area contributed by atoms with Gasteiger partial charge in [0.1, 0.15) is 6.61 Å². The molecule has 8 nitrogen and oxygen atoms in total. The van der Waals surface area contributed by atoms with E-state index in [9.17, 15) is 24.0 Å². The second kappa shape index (κ2) is 10.9. The first-order valence-electron chi connectivity index (χ1n) is 15.1. The molecule has 0 fully saturated rings. The molecule has 47 heavy (non-hydrogen) atoms. The number of rotatable bonds is 6. The van der Waals surface area contributed by atoms with Gasteiger partial charge < -0.3 is 4.74 Å². The normalized spacial score (nSPS) is 15.0. The van der Waals surface area contributed by atoms with Crippen molar-refractivity contribution in [3.05, 3.63) is 160 Å². The molecular formula is C39H24N2O6. The van der Waals surface area contributed by atoms with Crippen LogP contribution >= 0.6 is 0 Å². The van der Waals surface area contributed by atoms with Crippen molar-refractivity contribution in [2.45, 2.75) is 13.0 Å². The quantitative estimate of drug-likeness (QED) is 0.149. The number of benzene rings is 5. The Labute approximate surface area is 268 Å². The van der Waals surface area contributed by atoms with Crippen LogP contribution in [-0.2, 0) is 11.3 Å². The van der Waals surface area contributed by atoms with Crippen LogP contribution < -0.4 is 9.80 Å². The molecule has 0 unspecified atom stereocenters. The summed E-state index contributed by atoms with van der Waals surface area (Å²) >= 11 is 0. The van der Waals surface area contributed by atoms with E-state index < -0.39 is 29.6 Å². The second-order valence-electron chi connectivity index (χ2n) is 11.4. The summed E-state index contributed by atoms with van der Waals surface area (Å²) in [5.41, 5.74) is 4.47. The van der Waals surface area contributed by atoms with Gasteiger partial charge in [0.15, 0.2) is 0 Å². The smallest absolute Gasteiger partial charge is 0.338 e. The summed E-state index contributed by atoms with van der Waals surface area (Å²) < 4.78 is 5.45. The van der Waals surface area contributed by atoms with E-state index in [1.54, 1.807) is 30.3 Å². The standard InChI is InChI=1S/C39H24N2O6/c42-35-29-17-19-31-34-32(20-18-30(33(29)34)36(43)40(35)27-15-13-25(14-16-27)24-9-4-5-10-24)38(45)41(37(31)44)28-12-6-11-26(21-28)39(46)47-22-23-7-2-1-3-8-23/h1-4,6-21H,5,22H2. The number of hydrogen-bond donors (Lipinski definition) is 0. The Kier molecular flexibility index (Phi) is 6.51. The summed E-state index contributed by atoms with van der Waals surface area (Å²) in [5.74, 6) is -2.94. The van der Waals surface area contributed by atoms with Crippen molar-refractivity contribution in [2.75, 3.05) is 9.80 Å². The summed E-state index contributed by atoms with van der Waals surface area (Å²) in [6, 6.07) is 28.7. The van der Waals surface area contributed by atoms with Gasteiger partial charge in [0, 0.05) is 33.0 Å². The lowest BCUT2D eigenvalue weighted by molar-refractivity contribution is 0.0472. The van der Waals surface area contributed by atoms with E-state index in [1.165, 1.54) is 30.3 Å². The third-order valence-electron chi connectivity index (χ3n) is 8.68. The Morgan fingerprint density at radius 3 is 1.74 bits per heavy atom. The fourth-order valence-corrected chi connectivity index (χ4v) is 6.40. The Morgan fingerprint density at radius 2 is 1.19 bits per heavy atom. The van der Waals surface area contributed by atoms with Crippen LogP contribution in [-0.4, -0.2) is 29.6 Å². The molecule has 0 aromatic heterocycles. The molecule has 0 N–H and O–H groups in total. The number of carbonyl (C=O) groups is 5. The third kappa shape index (κ3) is 4.49. The molecule has 0 bridgehead atoms. The van der Waals surface area contributed by atoms with Crippen molar-refractivity contribution in [1.82, 2.24) is 0 Å². The average Bonchev–Trinajstić information content (AvgIpc) is 3.65. The Bertz CT molecular complexity index is 2200. The van der Waals surface area contributed by atoms with E-state index >= 15 is 0 Å². The van der Waals surface area contributed by atoms with E-state index in [2.05, 4.69) is 12.2 Å². The van der Waals surface area contributed by atoms with Crippen molar-refractivity contribution in [3.8, 4) is 0 Å². The minimum absolute atomic E-state index is 0.0710. The van der Waals surface area contributed by atoms with Crippen molar-refractivity contribution in [3.63, 3.8) is 0 Å². The highest BCUT2D eigenvalue weighted by molar-refractivity contribution is 6.42. The molecule has 3 aliphatic rings. The summed E-state index contributed by atoms with van der Waals surface area (Å²) in [7, 11) is 0. The third-order valence-corrected chi connectivity index (χ3v) is 8.68. The zero-order valence-corrected chi connectivity index (χ0v) is 24.8. The van der Waals surface area contributed by atoms with Gasteiger partial charge in [0.25, 0.3) is 23.6 Å². The fraction of sp³-hybridized carbons (Fsp3) is 0.0513. The maximum absolute atomic E-state index is 13.9. The van der Waals surface area contributed by atoms with Crippen molar-refractivity contribution in [2.24, 2.45) is 0 Å². The van der Waals surface area contributed by atoms with Gasteiger partial charge in [-0.25, -0.2) is 14.6 Å². The number of nitrogens with zero attached hydrogens (tertiary/aromatic N) is 2. The van der Waals surface area contributed by atoms with E-state index in [1.807, 2.05) is 48.5 Å². The number of imide groups is 2. The maximum Gasteiger partial charge on any atom is 0.338 e. The van der Waals surface area contributed by atoms with Gasteiger partial charge in [0.05, 0.1) is 16.9 Å². The first-order chi connectivity index (χ1) is 22.9. The van der Waals surface area contributed by atoms with Gasteiger partial charge in [-0.15, -0.1) is 0 Å². The number of allylic oxidation sites excluding steroid dienone is 4. The molecule has 226 valence electrons. The average molecular weight is 617 g/mol. The number of ether oxygens (including phenoxy) is 1. The molecule has 2 aliphatic heterocycles. The van der Waals surface area contributed by atoms with E-state index in [4.69, 9.17) is 4.74 Å². The lowest BCUT2D eigenvalue weighted by Crippen LogP contribution is -2.43. The summed E-state index contributed by atoms with van der Waals surface area (Å²) in [5, 5.41) is 0.546. The number of anilines is 2. The van der Waals surface area contributed by atoms with Gasteiger partial charge in [0.2, 0.25) is 0 Å². The van der Waals surface area contributed by atoms with E-state index in [-0.39, 0.29) is 50.9 Å². The van der Waals surface area contributed by atoms with Crippen molar-refractivity contribution < 1.29 is 28.7 Å². The molecule has 0 atom stereocenters. The number of amides is 4. The number of hydrogen-bond acceptors (Lipinski definition) is 6. The highest BCUT2D eigenvalue weighted by Crippen LogP contribution is 2.40. The van der Waals surface area contributed by atoms with Crippen LogP contribution in [0.2, 0.25) is 0 Å². The molecular weight excluding hydrogens is 592 g/mol. The lowest BCUT2D eigenvalue weighted by Gasteiger charge is -2.32. The first kappa shape index (κ1) is 28.1.